The second-order valence-electron chi connectivity index (χ2n) is 7.34. The van der Waals surface area contributed by atoms with Crippen LogP contribution in [0.3, 0.4) is 0 Å². The lowest BCUT2D eigenvalue weighted by atomic mass is 9.91. The highest BCUT2D eigenvalue weighted by Gasteiger charge is 2.44. The van der Waals surface area contributed by atoms with Crippen molar-refractivity contribution >= 4 is 5.97 Å². The third kappa shape index (κ3) is 4.96. The molecule has 22 heavy (non-hydrogen) atoms. The molecule has 2 atom stereocenters. The van der Waals surface area contributed by atoms with Crippen molar-refractivity contribution in [1.82, 2.24) is 0 Å². The Morgan fingerprint density at radius 3 is 2.45 bits per heavy atom. The molecule has 2 fully saturated rings. The Kier molecular flexibility index (Phi) is 5.46. The van der Waals surface area contributed by atoms with Crippen molar-refractivity contribution in [3.63, 3.8) is 0 Å². The van der Waals surface area contributed by atoms with Crippen LogP contribution in [0, 0.1) is 11.3 Å². The van der Waals surface area contributed by atoms with Crippen molar-refractivity contribution in [2.24, 2.45) is 0 Å². The number of nitrogens with zero attached hydrogens (tertiary/aromatic N) is 1. The van der Waals surface area contributed by atoms with Crippen molar-refractivity contribution in [3.05, 3.63) is 0 Å². The fourth-order valence-electron chi connectivity index (χ4n) is 3.27. The summed E-state index contributed by atoms with van der Waals surface area (Å²) in [5.74, 6) is -0.842. The SMILES string of the molecule is CC(C)(C)OC(=O)CC1CC(CC#N)OC2(CCCCC2)O1. The van der Waals surface area contributed by atoms with Crippen molar-refractivity contribution in [1.29, 1.82) is 5.26 Å². The summed E-state index contributed by atoms with van der Waals surface area (Å²) in [7, 11) is 0. The summed E-state index contributed by atoms with van der Waals surface area (Å²) in [6.07, 6.45) is 5.79. The van der Waals surface area contributed by atoms with Gasteiger partial charge in [-0.15, -0.1) is 0 Å². The summed E-state index contributed by atoms with van der Waals surface area (Å²) < 4.78 is 17.6. The van der Waals surface area contributed by atoms with E-state index in [1.54, 1.807) is 0 Å². The molecular weight excluding hydrogens is 282 g/mol. The average Bonchev–Trinajstić information content (AvgIpc) is 2.36. The number of nitriles is 1. The third-order valence-electron chi connectivity index (χ3n) is 4.04. The van der Waals surface area contributed by atoms with E-state index in [-0.39, 0.29) is 24.6 Å². The van der Waals surface area contributed by atoms with Gasteiger partial charge in [-0.2, -0.15) is 5.26 Å². The van der Waals surface area contributed by atoms with Gasteiger partial charge in [0.15, 0.2) is 5.79 Å². The van der Waals surface area contributed by atoms with Gasteiger partial charge in [-0.05, 0) is 33.6 Å². The second-order valence-corrected chi connectivity index (χ2v) is 7.34. The van der Waals surface area contributed by atoms with Crippen LogP contribution < -0.4 is 0 Å². The van der Waals surface area contributed by atoms with Gasteiger partial charge in [0.25, 0.3) is 0 Å². The summed E-state index contributed by atoms with van der Waals surface area (Å²) >= 11 is 0. The molecule has 0 N–H and O–H groups in total. The minimum absolute atomic E-state index is 0.149. The first-order chi connectivity index (χ1) is 10.3. The van der Waals surface area contributed by atoms with Crippen molar-refractivity contribution in [2.45, 2.75) is 95.7 Å². The predicted octanol–water partition coefficient (Wildman–Crippen LogP) is 3.47. The lowest BCUT2D eigenvalue weighted by Crippen LogP contribution is -2.50. The van der Waals surface area contributed by atoms with E-state index in [4.69, 9.17) is 19.5 Å². The fraction of sp³-hybridized carbons (Fsp3) is 0.882. The summed E-state index contributed by atoms with van der Waals surface area (Å²) in [6, 6.07) is 2.17. The van der Waals surface area contributed by atoms with E-state index >= 15 is 0 Å². The van der Waals surface area contributed by atoms with E-state index in [1.165, 1.54) is 6.42 Å². The van der Waals surface area contributed by atoms with E-state index in [0.29, 0.717) is 12.8 Å². The molecule has 0 radical (unpaired) electrons. The second kappa shape index (κ2) is 6.97. The van der Waals surface area contributed by atoms with E-state index in [2.05, 4.69) is 6.07 Å². The molecule has 2 aliphatic rings. The number of esters is 1. The quantitative estimate of drug-likeness (QED) is 0.747. The Morgan fingerprint density at radius 2 is 1.86 bits per heavy atom. The normalized spacial score (nSPS) is 28.1. The highest BCUT2D eigenvalue weighted by atomic mass is 16.7. The molecule has 2 rings (SSSR count). The molecule has 0 aromatic heterocycles. The van der Waals surface area contributed by atoms with Crippen molar-refractivity contribution < 1.29 is 19.0 Å². The zero-order valence-electron chi connectivity index (χ0n) is 13.9. The van der Waals surface area contributed by atoms with Crippen LogP contribution in [0.25, 0.3) is 0 Å². The van der Waals surface area contributed by atoms with Crippen LogP contribution in [0.2, 0.25) is 0 Å². The summed E-state index contributed by atoms with van der Waals surface area (Å²) in [4.78, 5) is 12.1. The Morgan fingerprint density at radius 1 is 1.23 bits per heavy atom. The smallest absolute Gasteiger partial charge is 0.308 e. The van der Waals surface area contributed by atoms with Crippen LogP contribution in [0.5, 0.6) is 0 Å². The zero-order chi connectivity index (χ0) is 16.2. The first-order valence-electron chi connectivity index (χ1n) is 8.26. The average molecular weight is 309 g/mol. The molecule has 1 aliphatic carbocycles. The van der Waals surface area contributed by atoms with E-state index < -0.39 is 11.4 Å². The molecule has 1 spiro atoms. The molecule has 5 heteroatoms. The largest absolute Gasteiger partial charge is 0.460 e. The molecule has 0 aromatic rings. The van der Waals surface area contributed by atoms with Gasteiger partial charge in [0.1, 0.15) is 5.60 Å². The van der Waals surface area contributed by atoms with Crippen LogP contribution in [0.1, 0.15) is 72.1 Å². The lowest BCUT2D eigenvalue weighted by molar-refractivity contribution is -0.328. The minimum atomic E-state index is -0.593. The standard InChI is InChI=1S/C17H27NO4/c1-16(2,3)22-15(19)12-14-11-13(7-10-18)20-17(21-14)8-5-4-6-9-17/h13-14H,4-9,11-12H2,1-3H3. The number of carbonyl (C=O) groups excluding carboxylic acids is 1. The van der Waals surface area contributed by atoms with Gasteiger partial charge in [-0.1, -0.05) is 6.42 Å². The van der Waals surface area contributed by atoms with Crippen LogP contribution in [0.15, 0.2) is 0 Å². The van der Waals surface area contributed by atoms with Crippen molar-refractivity contribution in [3.8, 4) is 6.07 Å². The van der Waals surface area contributed by atoms with Crippen molar-refractivity contribution in [2.75, 3.05) is 0 Å². The molecular formula is C17H27NO4. The minimum Gasteiger partial charge on any atom is -0.460 e. The Labute approximate surface area is 132 Å². The highest BCUT2D eigenvalue weighted by Crippen LogP contribution is 2.40. The molecule has 1 saturated heterocycles. The molecule has 0 aromatic carbocycles. The molecule has 0 amide bonds. The number of hydrogen-bond acceptors (Lipinski definition) is 5. The molecule has 2 unspecified atom stereocenters. The molecule has 124 valence electrons. The van der Waals surface area contributed by atoms with Gasteiger partial charge < -0.3 is 14.2 Å². The summed E-state index contributed by atoms with van der Waals surface area (Å²) in [6.45, 7) is 5.57. The van der Waals surface area contributed by atoms with Crippen LogP contribution in [-0.2, 0) is 19.0 Å². The number of hydrogen-bond donors (Lipinski definition) is 0. The van der Waals surface area contributed by atoms with Gasteiger partial charge in [0, 0.05) is 19.3 Å². The lowest BCUT2D eigenvalue weighted by Gasteiger charge is -2.46. The van der Waals surface area contributed by atoms with E-state index in [1.807, 2.05) is 20.8 Å². The number of ether oxygens (including phenoxy) is 3. The first-order valence-corrected chi connectivity index (χ1v) is 8.26. The Balaban J connectivity index is 2.00. The Bertz CT molecular complexity index is 429. The molecule has 5 nitrogen and oxygen atoms in total. The monoisotopic (exact) mass is 309 g/mol. The summed E-state index contributed by atoms with van der Waals surface area (Å²) in [5.41, 5.74) is -0.489. The fourth-order valence-corrected chi connectivity index (χ4v) is 3.27. The van der Waals surface area contributed by atoms with Crippen LogP contribution in [-0.4, -0.2) is 29.6 Å². The molecule has 0 bridgehead atoms. The third-order valence-corrected chi connectivity index (χ3v) is 4.04. The maximum atomic E-state index is 12.1. The highest BCUT2D eigenvalue weighted by molar-refractivity contribution is 5.70. The van der Waals surface area contributed by atoms with Gasteiger partial charge in [-0.3, -0.25) is 4.79 Å². The Hall–Kier alpha value is -1.12. The van der Waals surface area contributed by atoms with Gasteiger partial charge in [-0.25, -0.2) is 0 Å². The van der Waals surface area contributed by atoms with E-state index in [0.717, 1.165) is 25.7 Å². The summed E-state index contributed by atoms with van der Waals surface area (Å²) in [5, 5.41) is 8.96. The van der Waals surface area contributed by atoms with Gasteiger partial charge in [0.05, 0.1) is 31.1 Å². The molecule has 1 heterocycles. The molecule has 1 saturated carbocycles. The predicted molar refractivity (Wildman–Crippen MR) is 80.9 cm³/mol. The first kappa shape index (κ1) is 17.2. The van der Waals surface area contributed by atoms with Crippen LogP contribution in [0.4, 0.5) is 0 Å². The number of rotatable bonds is 3. The maximum Gasteiger partial charge on any atom is 0.308 e. The van der Waals surface area contributed by atoms with E-state index in [9.17, 15) is 4.79 Å². The molecule has 1 aliphatic heterocycles. The maximum absolute atomic E-state index is 12.1. The van der Waals surface area contributed by atoms with Crippen LogP contribution >= 0.6 is 0 Å². The topological polar surface area (TPSA) is 68.6 Å². The van der Waals surface area contributed by atoms with Gasteiger partial charge in [0.2, 0.25) is 0 Å². The number of carbonyl (C=O) groups is 1. The van der Waals surface area contributed by atoms with Gasteiger partial charge >= 0.3 is 5.97 Å². The zero-order valence-corrected chi connectivity index (χ0v) is 13.9.